The Morgan fingerprint density at radius 2 is 1.59 bits per heavy atom. The molecule has 1 saturated heterocycles. The van der Waals surface area contributed by atoms with Gasteiger partial charge in [0.15, 0.2) is 0 Å². The number of thioether (sulfide) groups is 1. The smallest absolute Gasteiger partial charge is 0.240 e. The molecule has 1 aliphatic rings. The van der Waals surface area contributed by atoms with Crippen molar-refractivity contribution in [1.29, 1.82) is 0 Å². The fourth-order valence-corrected chi connectivity index (χ4v) is 4.34. The molecule has 0 unspecified atom stereocenters. The van der Waals surface area contributed by atoms with Crippen LogP contribution in [0.2, 0.25) is 0 Å². The molecule has 1 atom stereocenters. The highest BCUT2D eigenvalue weighted by atomic mass is 32.2. The van der Waals surface area contributed by atoms with Crippen molar-refractivity contribution >= 4 is 17.7 Å². The van der Waals surface area contributed by atoms with Gasteiger partial charge in [-0.05, 0) is 47.4 Å². The molecule has 2 heterocycles. The van der Waals surface area contributed by atoms with Crippen LogP contribution in [-0.4, -0.2) is 44.1 Å². The number of aromatic nitrogens is 4. The number of para-hydroxylation sites is 1. The highest BCUT2D eigenvalue weighted by Crippen LogP contribution is 2.36. The van der Waals surface area contributed by atoms with Gasteiger partial charge in [0.1, 0.15) is 5.25 Å². The average Bonchev–Trinajstić information content (AvgIpc) is 3.22. The van der Waals surface area contributed by atoms with Crippen LogP contribution in [0.5, 0.6) is 0 Å². The Balaban J connectivity index is 1.64. The number of rotatable bonds is 5. The third-order valence-corrected chi connectivity index (χ3v) is 5.83. The van der Waals surface area contributed by atoms with Gasteiger partial charge >= 0.3 is 0 Å². The minimum Gasteiger partial charge on any atom is -0.341 e. The summed E-state index contributed by atoms with van der Waals surface area (Å²) in [5, 5.41) is 12.4. The van der Waals surface area contributed by atoms with Gasteiger partial charge in [-0.25, -0.2) is 0 Å². The Kier molecular flexibility index (Phi) is 5.48. The number of amides is 1. The predicted octanol–water partition coefficient (Wildman–Crippen LogP) is 3.51. The van der Waals surface area contributed by atoms with Crippen molar-refractivity contribution in [2.24, 2.45) is 0 Å². The van der Waals surface area contributed by atoms with Crippen LogP contribution in [0.1, 0.15) is 30.1 Å². The van der Waals surface area contributed by atoms with E-state index in [1.54, 1.807) is 4.68 Å². The van der Waals surface area contributed by atoms with E-state index in [0.29, 0.717) is 5.16 Å². The highest BCUT2D eigenvalue weighted by Gasteiger charge is 2.29. The molecule has 0 spiro atoms. The summed E-state index contributed by atoms with van der Waals surface area (Å²) in [5.74, 6) is 0.133. The van der Waals surface area contributed by atoms with Crippen molar-refractivity contribution in [3.8, 4) is 5.69 Å². The van der Waals surface area contributed by atoms with Crippen LogP contribution >= 0.6 is 11.8 Å². The van der Waals surface area contributed by atoms with Crippen LogP contribution in [0.25, 0.3) is 5.69 Å². The molecule has 3 aromatic rings. The first-order valence-corrected chi connectivity index (χ1v) is 10.0. The molecule has 2 aromatic carbocycles. The summed E-state index contributed by atoms with van der Waals surface area (Å²) in [6.07, 6.45) is 3.33. The summed E-state index contributed by atoms with van der Waals surface area (Å²) in [6, 6.07) is 19.6. The van der Waals surface area contributed by atoms with E-state index in [2.05, 4.69) is 15.5 Å². The Bertz CT molecular complexity index is 878. The monoisotopic (exact) mass is 379 g/mol. The molecule has 7 heteroatoms. The van der Waals surface area contributed by atoms with Crippen molar-refractivity contribution in [3.63, 3.8) is 0 Å². The number of nitrogens with zero attached hydrogens (tertiary/aromatic N) is 5. The Hall–Kier alpha value is -2.67. The fourth-order valence-electron chi connectivity index (χ4n) is 3.26. The van der Waals surface area contributed by atoms with Crippen LogP contribution in [0.4, 0.5) is 0 Å². The number of benzene rings is 2. The topological polar surface area (TPSA) is 63.9 Å². The third kappa shape index (κ3) is 4.03. The molecule has 1 aliphatic heterocycles. The van der Waals surface area contributed by atoms with Gasteiger partial charge in [-0.2, -0.15) is 4.68 Å². The number of hydrogen-bond acceptors (Lipinski definition) is 5. The van der Waals surface area contributed by atoms with Crippen molar-refractivity contribution in [1.82, 2.24) is 25.1 Å². The molecule has 27 heavy (non-hydrogen) atoms. The zero-order chi connectivity index (χ0) is 18.5. The predicted molar refractivity (Wildman–Crippen MR) is 105 cm³/mol. The number of carbonyl (C=O) groups excluding carboxylic acids is 1. The number of hydrogen-bond donors (Lipinski definition) is 0. The van der Waals surface area contributed by atoms with Gasteiger partial charge in [0.25, 0.3) is 0 Å². The Morgan fingerprint density at radius 3 is 2.30 bits per heavy atom. The summed E-state index contributed by atoms with van der Waals surface area (Å²) >= 11 is 1.41. The van der Waals surface area contributed by atoms with Crippen molar-refractivity contribution in [2.45, 2.75) is 29.7 Å². The molecule has 138 valence electrons. The first-order valence-electron chi connectivity index (χ1n) is 9.17. The largest absolute Gasteiger partial charge is 0.341 e. The Labute approximate surface area is 162 Å². The van der Waals surface area contributed by atoms with E-state index in [4.69, 9.17) is 0 Å². The van der Waals surface area contributed by atoms with Crippen LogP contribution in [0.15, 0.2) is 65.8 Å². The molecular formula is C20H21N5OS. The minimum absolute atomic E-state index is 0.133. The molecule has 1 aromatic heterocycles. The second-order valence-corrected chi connectivity index (χ2v) is 7.58. The molecule has 6 nitrogen and oxygen atoms in total. The summed E-state index contributed by atoms with van der Waals surface area (Å²) in [4.78, 5) is 15.3. The quantitative estimate of drug-likeness (QED) is 0.635. The summed E-state index contributed by atoms with van der Waals surface area (Å²) in [5.41, 5.74) is 1.85. The van der Waals surface area contributed by atoms with E-state index in [0.717, 1.165) is 37.2 Å². The lowest BCUT2D eigenvalue weighted by Crippen LogP contribution is -2.38. The maximum absolute atomic E-state index is 13.3. The van der Waals surface area contributed by atoms with E-state index >= 15 is 0 Å². The second kappa shape index (κ2) is 8.35. The molecule has 0 radical (unpaired) electrons. The lowest BCUT2D eigenvalue weighted by atomic mass is 10.1. The second-order valence-electron chi connectivity index (χ2n) is 6.50. The standard InChI is InChI=1S/C20H21N5OS/c26-19(24-14-8-3-9-15-24)18(16-10-4-1-5-11-16)27-20-21-22-23-25(20)17-12-6-2-7-13-17/h1-2,4-7,10-13,18H,3,8-9,14-15H2/t18-/m1/s1. The van der Waals surface area contributed by atoms with Crippen molar-refractivity contribution < 1.29 is 4.79 Å². The van der Waals surface area contributed by atoms with E-state index in [1.165, 1.54) is 18.2 Å². The molecule has 0 N–H and O–H groups in total. The number of likely N-dealkylation sites (tertiary alicyclic amines) is 1. The van der Waals surface area contributed by atoms with Gasteiger partial charge in [0, 0.05) is 13.1 Å². The maximum Gasteiger partial charge on any atom is 0.240 e. The lowest BCUT2D eigenvalue weighted by molar-refractivity contribution is -0.131. The van der Waals surface area contributed by atoms with Crippen LogP contribution in [0.3, 0.4) is 0 Å². The number of tetrazole rings is 1. The molecule has 0 saturated carbocycles. The van der Waals surface area contributed by atoms with Crippen LogP contribution in [0, 0.1) is 0 Å². The van der Waals surface area contributed by atoms with Gasteiger partial charge in [-0.15, -0.1) is 5.10 Å². The van der Waals surface area contributed by atoms with Crippen LogP contribution in [-0.2, 0) is 4.79 Å². The molecular weight excluding hydrogens is 358 g/mol. The third-order valence-electron chi connectivity index (χ3n) is 4.66. The van der Waals surface area contributed by atoms with E-state index < -0.39 is 0 Å². The number of piperidine rings is 1. The summed E-state index contributed by atoms with van der Waals surface area (Å²) < 4.78 is 1.68. The molecule has 0 bridgehead atoms. The normalized spacial score (nSPS) is 15.5. The van der Waals surface area contributed by atoms with Crippen LogP contribution < -0.4 is 0 Å². The first kappa shape index (κ1) is 17.7. The average molecular weight is 379 g/mol. The van der Waals surface area contributed by atoms with Gasteiger partial charge in [-0.3, -0.25) is 4.79 Å². The van der Waals surface area contributed by atoms with E-state index in [1.807, 2.05) is 65.6 Å². The van der Waals surface area contributed by atoms with E-state index in [9.17, 15) is 4.79 Å². The first-order chi connectivity index (χ1) is 13.3. The highest BCUT2D eigenvalue weighted by molar-refractivity contribution is 8.00. The molecule has 0 aliphatic carbocycles. The van der Waals surface area contributed by atoms with Crippen molar-refractivity contribution in [2.75, 3.05) is 13.1 Å². The zero-order valence-electron chi connectivity index (χ0n) is 14.9. The number of carbonyl (C=O) groups is 1. The van der Waals surface area contributed by atoms with E-state index in [-0.39, 0.29) is 11.2 Å². The van der Waals surface area contributed by atoms with Crippen molar-refractivity contribution in [3.05, 3.63) is 66.2 Å². The van der Waals surface area contributed by atoms with Gasteiger partial charge in [0.05, 0.1) is 5.69 Å². The van der Waals surface area contributed by atoms with Gasteiger partial charge in [-0.1, -0.05) is 60.3 Å². The maximum atomic E-state index is 13.3. The summed E-state index contributed by atoms with van der Waals surface area (Å²) in [6.45, 7) is 1.65. The lowest BCUT2D eigenvalue weighted by Gasteiger charge is -2.30. The minimum atomic E-state index is -0.363. The molecule has 1 amide bonds. The van der Waals surface area contributed by atoms with Gasteiger partial charge in [0.2, 0.25) is 11.1 Å². The zero-order valence-corrected chi connectivity index (χ0v) is 15.8. The summed E-state index contributed by atoms with van der Waals surface area (Å²) in [7, 11) is 0. The Morgan fingerprint density at radius 1 is 0.926 bits per heavy atom. The SMILES string of the molecule is O=C([C@H](Sc1nnnn1-c1ccccc1)c1ccccc1)N1CCCCC1. The van der Waals surface area contributed by atoms with Gasteiger partial charge < -0.3 is 4.90 Å². The molecule has 1 fully saturated rings. The fraction of sp³-hybridized carbons (Fsp3) is 0.300. The molecule has 4 rings (SSSR count).